The predicted molar refractivity (Wildman–Crippen MR) is 96.7 cm³/mol. The molecule has 0 heterocycles. The zero-order valence-corrected chi connectivity index (χ0v) is 16.4. The van der Waals surface area contributed by atoms with Crippen molar-refractivity contribution in [3.05, 3.63) is 33.4 Å². The minimum atomic E-state index is -0.685. The molecule has 1 aromatic rings. The van der Waals surface area contributed by atoms with Crippen molar-refractivity contribution in [2.24, 2.45) is 5.92 Å². The summed E-state index contributed by atoms with van der Waals surface area (Å²) in [5.41, 5.74) is 0.457. The van der Waals surface area contributed by atoms with E-state index in [0.717, 1.165) is 14.2 Å². The molecule has 1 atom stereocenters. The lowest BCUT2D eigenvalue weighted by Crippen LogP contribution is -2.37. The topological polar surface area (TPSA) is 55.8 Å². The lowest BCUT2D eigenvalue weighted by molar-refractivity contribution is -0.184. The van der Waals surface area contributed by atoms with Crippen LogP contribution in [0.4, 0.5) is 4.79 Å². The molecule has 5 nitrogen and oxygen atoms in total. The average molecular weight is 433 g/mol. The molecule has 0 bridgehead atoms. The van der Waals surface area contributed by atoms with Crippen molar-refractivity contribution in [2.75, 3.05) is 7.05 Å². The first-order valence-electron chi connectivity index (χ1n) is 7.56. The summed E-state index contributed by atoms with van der Waals surface area (Å²) in [7, 11) is 1.38. The number of rotatable bonds is 4. The molecule has 0 fully saturated rings. The maximum atomic E-state index is 12.3. The summed E-state index contributed by atoms with van der Waals surface area (Å²) in [6.45, 7) is 7.20. The van der Waals surface area contributed by atoms with Gasteiger partial charge in [0.1, 0.15) is 5.60 Å². The van der Waals surface area contributed by atoms with Crippen LogP contribution in [0.2, 0.25) is 0 Å². The highest BCUT2D eigenvalue weighted by Crippen LogP contribution is 2.19. The molecule has 23 heavy (non-hydrogen) atoms. The Morgan fingerprint density at radius 2 is 1.87 bits per heavy atom. The first-order chi connectivity index (χ1) is 10.6. The highest BCUT2D eigenvalue weighted by atomic mass is 127. The fourth-order valence-corrected chi connectivity index (χ4v) is 2.50. The fraction of sp³-hybridized carbons (Fsp3) is 0.529. The number of benzene rings is 1. The number of ether oxygens (including phenoxy) is 1. The van der Waals surface area contributed by atoms with Gasteiger partial charge in [-0.1, -0.05) is 25.1 Å². The molecule has 6 heteroatoms. The summed E-state index contributed by atoms with van der Waals surface area (Å²) in [5, 5.41) is 0.853. The maximum absolute atomic E-state index is 12.3. The van der Waals surface area contributed by atoms with E-state index in [4.69, 9.17) is 9.57 Å². The first kappa shape index (κ1) is 19.7. The minimum absolute atomic E-state index is 0.309. The quantitative estimate of drug-likeness (QED) is 0.528. The third-order valence-corrected chi connectivity index (χ3v) is 4.18. The highest BCUT2D eigenvalue weighted by Gasteiger charge is 2.26. The normalized spacial score (nSPS) is 12.4. The van der Waals surface area contributed by atoms with Gasteiger partial charge in [0.05, 0.1) is 13.0 Å². The fourth-order valence-electron chi connectivity index (χ4n) is 1.90. The molecule has 1 rings (SSSR count). The monoisotopic (exact) mass is 433 g/mol. The Bertz CT molecular complexity index is 554. The minimum Gasteiger partial charge on any atom is -0.442 e. The second-order valence-corrected chi connectivity index (χ2v) is 7.45. The SMILES string of the molecule is CCC(Cc1ccccc1I)C(=O)ON(C)C(=O)OC(C)(C)C. The van der Waals surface area contributed by atoms with Gasteiger partial charge < -0.3 is 9.57 Å². The van der Waals surface area contributed by atoms with Crippen molar-refractivity contribution >= 4 is 34.7 Å². The Balaban J connectivity index is 2.67. The van der Waals surface area contributed by atoms with Crippen LogP contribution in [0.5, 0.6) is 0 Å². The third-order valence-electron chi connectivity index (χ3n) is 3.13. The van der Waals surface area contributed by atoms with Gasteiger partial charge >= 0.3 is 12.1 Å². The number of hydroxylamine groups is 2. The lowest BCUT2D eigenvalue weighted by Gasteiger charge is -2.24. The summed E-state index contributed by atoms with van der Waals surface area (Å²) < 4.78 is 6.27. The summed E-state index contributed by atoms with van der Waals surface area (Å²) in [6, 6.07) is 7.90. The molecule has 0 radical (unpaired) electrons. The Kier molecular flexibility index (Phi) is 7.31. The van der Waals surface area contributed by atoms with Gasteiger partial charge in [-0.25, -0.2) is 9.59 Å². The number of amides is 1. The number of nitrogens with zero attached hydrogens (tertiary/aromatic N) is 1. The molecule has 0 aliphatic carbocycles. The van der Waals surface area contributed by atoms with E-state index in [2.05, 4.69) is 22.6 Å². The van der Waals surface area contributed by atoms with Crippen LogP contribution in [0.25, 0.3) is 0 Å². The molecule has 0 spiro atoms. The van der Waals surface area contributed by atoms with Crippen molar-refractivity contribution in [1.82, 2.24) is 5.06 Å². The van der Waals surface area contributed by atoms with E-state index in [9.17, 15) is 9.59 Å². The summed E-state index contributed by atoms with van der Waals surface area (Å²) in [6.07, 6.45) is 0.526. The molecule has 0 N–H and O–H groups in total. The molecular formula is C17H24INO4. The predicted octanol–water partition coefficient (Wildman–Crippen LogP) is 4.19. The van der Waals surface area contributed by atoms with Gasteiger partial charge in [0, 0.05) is 3.57 Å². The zero-order chi connectivity index (χ0) is 17.6. The van der Waals surface area contributed by atoms with Crippen LogP contribution >= 0.6 is 22.6 Å². The van der Waals surface area contributed by atoms with Gasteiger partial charge in [0.25, 0.3) is 0 Å². The third kappa shape index (κ3) is 6.76. The molecule has 128 valence electrons. The Hall–Kier alpha value is -1.31. The van der Waals surface area contributed by atoms with Crippen molar-refractivity contribution in [1.29, 1.82) is 0 Å². The van der Waals surface area contributed by atoms with Crippen molar-refractivity contribution < 1.29 is 19.2 Å². The largest absolute Gasteiger partial charge is 0.443 e. The Morgan fingerprint density at radius 1 is 1.26 bits per heavy atom. The van der Waals surface area contributed by atoms with Crippen molar-refractivity contribution in [3.63, 3.8) is 0 Å². The van der Waals surface area contributed by atoms with Crippen LogP contribution in [0.3, 0.4) is 0 Å². The molecule has 1 unspecified atom stereocenters. The smallest absolute Gasteiger partial charge is 0.442 e. The highest BCUT2D eigenvalue weighted by molar-refractivity contribution is 14.1. The molecule has 0 saturated heterocycles. The van der Waals surface area contributed by atoms with Crippen molar-refractivity contribution in [2.45, 2.75) is 46.1 Å². The van der Waals surface area contributed by atoms with Gasteiger partial charge in [-0.05, 0) is 67.8 Å². The van der Waals surface area contributed by atoms with Crippen LogP contribution in [0.15, 0.2) is 24.3 Å². The standard InChI is InChI=1S/C17H24INO4/c1-6-12(11-13-9-7-8-10-14(13)18)15(20)23-19(5)16(21)22-17(2,3)4/h7-10,12H,6,11H2,1-5H3. The number of halogens is 1. The summed E-state index contributed by atoms with van der Waals surface area (Å²) in [5.74, 6) is -0.740. The van der Waals surface area contributed by atoms with E-state index >= 15 is 0 Å². The number of carbonyl (C=O) groups is 2. The lowest BCUT2D eigenvalue weighted by atomic mass is 9.97. The first-order valence-corrected chi connectivity index (χ1v) is 8.63. The maximum Gasteiger partial charge on any atom is 0.443 e. The van der Waals surface area contributed by atoms with Crippen molar-refractivity contribution in [3.8, 4) is 0 Å². The van der Waals surface area contributed by atoms with E-state index in [1.165, 1.54) is 7.05 Å². The number of hydrogen-bond donors (Lipinski definition) is 0. The second-order valence-electron chi connectivity index (χ2n) is 6.29. The molecule has 1 aromatic carbocycles. The van der Waals surface area contributed by atoms with E-state index in [0.29, 0.717) is 12.8 Å². The molecule has 0 aliphatic rings. The van der Waals surface area contributed by atoms with E-state index in [1.54, 1.807) is 20.8 Å². The molecule has 1 amide bonds. The molecule has 0 aliphatic heterocycles. The summed E-state index contributed by atoms with van der Waals surface area (Å²) in [4.78, 5) is 29.3. The van der Waals surface area contributed by atoms with Gasteiger partial charge in [-0.15, -0.1) is 5.06 Å². The van der Waals surface area contributed by atoms with Crippen LogP contribution in [-0.2, 0) is 20.8 Å². The molecule has 0 saturated carbocycles. The van der Waals surface area contributed by atoms with E-state index in [1.807, 2.05) is 31.2 Å². The molecular weight excluding hydrogens is 409 g/mol. The van der Waals surface area contributed by atoms with Gasteiger partial charge in [0.2, 0.25) is 0 Å². The van der Waals surface area contributed by atoms with Gasteiger partial charge in [-0.2, -0.15) is 0 Å². The molecule has 0 aromatic heterocycles. The van der Waals surface area contributed by atoms with Crippen LogP contribution in [0.1, 0.15) is 39.7 Å². The second kappa shape index (κ2) is 8.52. The number of carbonyl (C=O) groups excluding carboxylic acids is 2. The van der Waals surface area contributed by atoms with Gasteiger partial charge in [-0.3, -0.25) is 0 Å². The van der Waals surface area contributed by atoms with Crippen LogP contribution < -0.4 is 0 Å². The average Bonchev–Trinajstić information content (AvgIpc) is 2.44. The Morgan fingerprint density at radius 3 is 2.39 bits per heavy atom. The summed E-state index contributed by atoms with van der Waals surface area (Å²) >= 11 is 2.25. The van der Waals surface area contributed by atoms with E-state index < -0.39 is 17.7 Å². The van der Waals surface area contributed by atoms with Crippen LogP contribution in [-0.4, -0.2) is 29.8 Å². The van der Waals surface area contributed by atoms with E-state index in [-0.39, 0.29) is 5.92 Å². The van der Waals surface area contributed by atoms with Gasteiger partial charge in [0.15, 0.2) is 0 Å². The Labute approximate surface area is 151 Å². The zero-order valence-electron chi connectivity index (χ0n) is 14.3. The van der Waals surface area contributed by atoms with Crippen LogP contribution in [0, 0.1) is 9.49 Å². The number of hydrogen-bond acceptors (Lipinski definition) is 4.